The monoisotopic (exact) mass is 434 g/mol. The van der Waals surface area contributed by atoms with E-state index < -0.39 is 0 Å². The van der Waals surface area contributed by atoms with Crippen LogP contribution in [0.3, 0.4) is 0 Å². The molecule has 1 aromatic carbocycles. The predicted molar refractivity (Wildman–Crippen MR) is 119 cm³/mol. The van der Waals surface area contributed by atoms with Crippen LogP contribution in [0.2, 0.25) is 10.0 Å². The number of likely N-dealkylation sites (tertiary alicyclic amines) is 1. The Morgan fingerprint density at radius 1 is 1.14 bits per heavy atom. The topological polar surface area (TPSA) is 85.9 Å². The Labute approximate surface area is 179 Å². The molecule has 0 aliphatic carbocycles. The van der Waals surface area contributed by atoms with E-state index in [-0.39, 0.29) is 12.5 Å². The fraction of sp³-hybridized carbons (Fsp3) is 0.350. The number of anilines is 2. The van der Waals surface area contributed by atoms with Gasteiger partial charge in [0.1, 0.15) is 17.8 Å². The zero-order valence-corrected chi connectivity index (χ0v) is 17.7. The molecule has 1 fully saturated rings. The van der Waals surface area contributed by atoms with Gasteiger partial charge in [-0.1, -0.05) is 23.2 Å². The Bertz CT molecular complexity index is 935. The van der Waals surface area contributed by atoms with Gasteiger partial charge in [0.15, 0.2) is 0 Å². The number of aromatic nitrogens is 3. The van der Waals surface area contributed by atoms with Gasteiger partial charge in [-0.15, -0.1) is 0 Å². The van der Waals surface area contributed by atoms with Crippen molar-refractivity contribution in [2.75, 3.05) is 37.3 Å². The van der Waals surface area contributed by atoms with E-state index in [0.29, 0.717) is 10.0 Å². The molecular weight excluding hydrogens is 411 g/mol. The van der Waals surface area contributed by atoms with Crippen molar-refractivity contribution in [1.82, 2.24) is 19.9 Å². The van der Waals surface area contributed by atoms with Gasteiger partial charge in [-0.3, -0.25) is 4.79 Å². The van der Waals surface area contributed by atoms with Crippen LogP contribution in [0, 0.1) is 0 Å². The molecule has 9 heteroatoms. The zero-order chi connectivity index (χ0) is 20.6. The van der Waals surface area contributed by atoms with Crippen LogP contribution < -0.4 is 10.6 Å². The van der Waals surface area contributed by atoms with E-state index in [1.807, 2.05) is 24.2 Å². The van der Waals surface area contributed by atoms with Crippen molar-refractivity contribution in [2.45, 2.75) is 19.3 Å². The van der Waals surface area contributed by atoms with Crippen LogP contribution in [0.5, 0.6) is 0 Å². The first-order valence-electron chi connectivity index (χ1n) is 9.50. The summed E-state index contributed by atoms with van der Waals surface area (Å²) in [6.45, 7) is 2.03. The van der Waals surface area contributed by atoms with E-state index in [1.54, 1.807) is 18.2 Å². The molecule has 3 N–H and O–H groups in total. The number of fused-ring (bicyclic) bond motifs is 1. The second-order valence-corrected chi connectivity index (χ2v) is 7.54. The van der Waals surface area contributed by atoms with Crippen molar-refractivity contribution in [3.63, 3.8) is 0 Å². The summed E-state index contributed by atoms with van der Waals surface area (Å²) in [7, 11) is 1.84. The minimum atomic E-state index is 0.130. The number of rotatable bonds is 4. The summed E-state index contributed by atoms with van der Waals surface area (Å²) in [4.78, 5) is 24.9. The quantitative estimate of drug-likeness (QED) is 0.565. The highest BCUT2D eigenvalue weighted by molar-refractivity contribution is 6.35. The van der Waals surface area contributed by atoms with Crippen molar-refractivity contribution in [1.29, 1.82) is 0 Å². The van der Waals surface area contributed by atoms with E-state index in [0.717, 1.165) is 48.5 Å². The SMILES string of the molecule is CNc1ncnc2[nH]ccc12.O=C(CNc1cc(Cl)cc(Cl)c1)N1CCCCC1. The first-order valence-corrected chi connectivity index (χ1v) is 10.3. The molecule has 2 aromatic heterocycles. The molecule has 154 valence electrons. The largest absolute Gasteiger partial charge is 0.376 e. The van der Waals surface area contributed by atoms with E-state index in [9.17, 15) is 4.79 Å². The lowest BCUT2D eigenvalue weighted by atomic mass is 10.1. The van der Waals surface area contributed by atoms with Crippen LogP contribution in [0.25, 0.3) is 11.0 Å². The Hall–Kier alpha value is -2.51. The highest BCUT2D eigenvalue weighted by Gasteiger charge is 2.15. The lowest BCUT2D eigenvalue weighted by Gasteiger charge is -2.26. The highest BCUT2D eigenvalue weighted by Crippen LogP contribution is 2.22. The number of carbonyl (C=O) groups excluding carboxylic acids is 1. The first-order chi connectivity index (χ1) is 14.1. The second kappa shape index (κ2) is 10.3. The molecular formula is C20H24Cl2N6O. The molecule has 0 spiro atoms. The first kappa shape index (κ1) is 21.2. The Morgan fingerprint density at radius 3 is 2.55 bits per heavy atom. The molecule has 1 aliphatic heterocycles. The zero-order valence-electron chi connectivity index (χ0n) is 16.2. The molecule has 0 saturated carbocycles. The van der Waals surface area contributed by atoms with Gasteiger partial charge in [0, 0.05) is 42.1 Å². The second-order valence-electron chi connectivity index (χ2n) is 6.67. The minimum absolute atomic E-state index is 0.130. The number of benzene rings is 1. The molecule has 0 radical (unpaired) electrons. The Morgan fingerprint density at radius 2 is 1.86 bits per heavy atom. The molecule has 1 aliphatic rings. The Balaban J connectivity index is 0.000000186. The van der Waals surface area contributed by atoms with Gasteiger partial charge in [-0.05, 0) is 43.5 Å². The number of hydrogen-bond acceptors (Lipinski definition) is 5. The molecule has 0 atom stereocenters. The van der Waals surface area contributed by atoms with Crippen molar-refractivity contribution >= 4 is 51.6 Å². The van der Waals surface area contributed by atoms with E-state index in [2.05, 4.69) is 25.6 Å². The highest BCUT2D eigenvalue weighted by atomic mass is 35.5. The van der Waals surface area contributed by atoms with Crippen molar-refractivity contribution in [3.8, 4) is 0 Å². The average Bonchev–Trinajstić information content (AvgIpc) is 3.21. The fourth-order valence-corrected chi connectivity index (χ4v) is 3.69. The summed E-state index contributed by atoms with van der Waals surface area (Å²) in [5.74, 6) is 0.988. The van der Waals surface area contributed by atoms with Crippen molar-refractivity contribution in [3.05, 3.63) is 46.8 Å². The van der Waals surface area contributed by atoms with Crippen molar-refractivity contribution in [2.24, 2.45) is 0 Å². The molecule has 0 unspecified atom stereocenters. The minimum Gasteiger partial charge on any atom is -0.376 e. The standard InChI is InChI=1S/C13H16Cl2N2O.C7H8N4/c14-10-6-11(15)8-12(7-10)16-9-13(18)17-4-2-1-3-5-17;1-8-6-5-2-3-9-7(5)11-4-10-6/h6-8,16H,1-5,9H2;2-4H,1H3,(H2,8,9,10,11). The van der Waals surface area contributed by atoms with Crippen LogP contribution in [-0.4, -0.2) is 52.4 Å². The van der Waals surface area contributed by atoms with Crippen LogP contribution in [0.1, 0.15) is 19.3 Å². The van der Waals surface area contributed by atoms with Crippen LogP contribution in [0.15, 0.2) is 36.8 Å². The van der Waals surface area contributed by atoms with Gasteiger partial charge >= 0.3 is 0 Å². The van der Waals surface area contributed by atoms with Crippen LogP contribution in [0.4, 0.5) is 11.5 Å². The number of aromatic amines is 1. The summed E-state index contributed by atoms with van der Waals surface area (Å²) in [6, 6.07) is 7.13. The van der Waals surface area contributed by atoms with Crippen molar-refractivity contribution < 1.29 is 4.79 Å². The molecule has 3 heterocycles. The number of piperidine rings is 1. The maximum absolute atomic E-state index is 11.9. The van der Waals surface area contributed by atoms with Gasteiger partial charge in [-0.2, -0.15) is 0 Å². The van der Waals surface area contributed by atoms with Gasteiger partial charge < -0.3 is 20.5 Å². The molecule has 0 bridgehead atoms. The predicted octanol–water partition coefficient (Wildman–Crippen LogP) is 4.42. The summed E-state index contributed by atoms with van der Waals surface area (Å²) < 4.78 is 0. The number of hydrogen-bond donors (Lipinski definition) is 3. The number of halogens is 2. The molecule has 4 rings (SSSR count). The molecule has 1 amide bonds. The van der Waals surface area contributed by atoms with E-state index in [4.69, 9.17) is 23.2 Å². The Kier molecular flexibility index (Phi) is 7.55. The third-order valence-corrected chi connectivity index (χ3v) is 5.04. The number of nitrogens with one attached hydrogen (secondary N) is 3. The fourth-order valence-electron chi connectivity index (χ4n) is 3.16. The van der Waals surface area contributed by atoms with E-state index >= 15 is 0 Å². The van der Waals surface area contributed by atoms with Gasteiger partial charge in [-0.25, -0.2) is 9.97 Å². The number of carbonyl (C=O) groups is 1. The number of amides is 1. The van der Waals surface area contributed by atoms with Crippen LogP contribution in [-0.2, 0) is 4.79 Å². The van der Waals surface area contributed by atoms with E-state index in [1.165, 1.54) is 12.7 Å². The molecule has 29 heavy (non-hydrogen) atoms. The molecule has 1 saturated heterocycles. The lowest BCUT2D eigenvalue weighted by Crippen LogP contribution is -2.39. The van der Waals surface area contributed by atoms with Gasteiger partial charge in [0.25, 0.3) is 0 Å². The average molecular weight is 435 g/mol. The normalized spacial score (nSPS) is 13.6. The van der Waals surface area contributed by atoms with Gasteiger partial charge in [0.2, 0.25) is 5.91 Å². The summed E-state index contributed by atoms with van der Waals surface area (Å²) in [6.07, 6.45) is 6.81. The maximum Gasteiger partial charge on any atom is 0.241 e. The molecule has 7 nitrogen and oxygen atoms in total. The number of H-pyrrole nitrogens is 1. The summed E-state index contributed by atoms with van der Waals surface area (Å²) in [5, 5.41) is 8.20. The third kappa shape index (κ3) is 5.98. The van der Waals surface area contributed by atoms with Gasteiger partial charge in [0.05, 0.1) is 11.9 Å². The maximum atomic E-state index is 11.9. The van der Waals surface area contributed by atoms with Crippen LogP contribution >= 0.6 is 23.2 Å². The summed E-state index contributed by atoms with van der Waals surface area (Å²) in [5.41, 5.74) is 1.64. The lowest BCUT2D eigenvalue weighted by molar-refractivity contribution is -0.130. The smallest absolute Gasteiger partial charge is 0.241 e. The summed E-state index contributed by atoms with van der Waals surface area (Å²) >= 11 is 11.8. The third-order valence-electron chi connectivity index (χ3n) is 4.61. The molecule has 3 aromatic rings. The number of nitrogens with zero attached hydrogens (tertiary/aromatic N) is 3.